The van der Waals surface area contributed by atoms with Crippen molar-refractivity contribution in [2.45, 2.75) is 39.3 Å². The van der Waals surface area contributed by atoms with Crippen LogP contribution in [0.15, 0.2) is 30.3 Å². The lowest BCUT2D eigenvalue weighted by Crippen LogP contribution is -2.43. The summed E-state index contributed by atoms with van der Waals surface area (Å²) < 4.78 is 0. The quantitative estimate of drug-likeness (QED) is 0.739. The Morgan fingerprint density at radius 1 is 1.21 bits per heavy atom. The highest BCUT2D eigenvalue weighted by Crippen LogP contribution is 2.14. The summed E-state index contributed by atoms with van der Waals surface area (Å²) in [6.07, 6.45) is -0.0305. The Balaban J connectivity index is 2.25. The summed E-state index contributed by atoms with van der Waals surface area (Å²) in [5.41, 5.74) is 0.875. The van der Waals surface area contributed by atoms with E-state index in [-0.39, 0.29) is 12.1 Å². The van der Waals surface area contributed by atoms with Gasteiger partial charge >= 0.3 is 6.03 Å². The van der Waals surface area contributed by atoms with Crippen LogP contribution in [0.1, 0.15) is 38.9 Å². The number of rotatable bonds is 6. The van der Waals surface area contributed by atoms with E-state index in [1.165, 1.54) is 0 Å². The largest absolute Gasteiger partial charge is 0.388 e. The van der Waals surface area contributed by atoms with Gasteiger partial charge < -0.3 is 15.7 Å². The predicted molar refractivity (Wildman–Crippen MR) is 76.9 cm³/mol. The molecule has 0 saturated heterocycles. The van der Waals surface area contributed by atoms with E-state index < -0.39 is 6.10 Å². The number of amides is 2. The molecule has 1 rings (SSSR count). The molecule has 0 fully saturated rings. The molecule has 19 heavy (non-hydrogen) atoms. The first kappa shape index (κ1) is 15.5. The third kappa shape index (κ3) is 5.75. The molecule has 0 aliphatic rings. The molecule has 0 bridgehead atoms. The fourth-order valence-corrected chi connectivity index (χ4v) is 1.59. The normalized spacial score (nSPS) is 13.9. The smallest absolute Gasteiger partial charge is 0.315 e. The van der Waals surface area contributed by atoms with Gasteiger partial charge in [0.1, 0.15) is 0 Å². The number of aliphatic hydroxyl groups excluding tert-OH is 1. The van der Waals surface area contributed by atoms with Crippen molar-refractivity contribution in [1.82, 2.24) is 10.6 Å². The van der Waals surface area contributed by atoms with Crippen molar-refractivity contribution in [2.75, 3.05) is 6.54 Å². The molecule has 106 valence electrons. The average molecular weight is 264 g/mol. The third-order valence-electron chi connectivity index (χ3n) is 3.25. The first-order chi connectivity index (χ1) is 9.00. The standard InChI is InChI=1S/C15H24N2O2/c1-11(2)12(3)17-15(19)16-10-9-14(18)13-7-5-4-6-8-13/h4-8,11-12,14,18H,9-10H2,1-3H3,(H2,16,17,19). The van der Waals surface area contributed by atoms with E-state index in [4.69, 9.17) is 0 Å². The number of hydrogen-bond acceptors (Lipinski definition) is 2. The first-order valence-corrected chi connectivity index (χ1v) is 6.78. The average Bonchev–Trinajstić information content (AvgIpc) is 2.39. The van der Waals surface area contributed by atoms with Crippen LogP contribution in [0.5, 0.6) is 0 Å². The van der Waals surface area contributed by atoms with Crippen LogP contribution in [0.4, 0.5) is 4.79 Å². The van der Waals surface area contributed by atoms with Crippen LogP contribution in [0.2, 0.25) is 0 Å². The van der Waals surface area contributed by atoms with E-state index in [0.29, 0.717) is 18.9 Å². The molecule has 0 radical (unpaired) electrons. The van der Waals surface area contributed by atoms with Crippen molar-refractivity contribution >= 4 is 6.03 Å². The van der Waals surface area contributed by atoms with E-state index >= 15 is 0 Å². The maximum Gasteiger partial charge on any atom is 0.315 e. The predicted octanol–water partition coefficient (Wildman–Crippen LogP) is 2.45. The molecule has 2 unspecified atom stereocenters. The second-order valence-corrected chi connectivity index (χ2v) is 5.15. The van der Waals surface area contributed by atoms with Gasteiger partial charge in [0.05, 0.1) is 6.10 Å². The lowest BCUT2D eigenvalue weighted by atomic mass is 10.1. The lowest BCUT2D eigenvalue weighted by Gasteiger charge is -2.18. The molecular weight excluding hydrogens is 240 g/mol. The summed E-state index contributed by atoms with van der Waals surface area (Å²) in [6.45, 7) is 6.55. The van der Waals surface area contributed by atoms with Crippen molar-refractivity contribution in [1.29, 1.82) is 0 Å². The Labute approximate surface area is 115 Å². The van der Waals surface area contributed by atoms with Gasteiger partial charge in [-0.1, -0.05) is 44.2 Å². The van der Waals surface area contributed by atoms with Gasteiger partial charge in [-0.2, -0.15) is 0 Å². The van der Waals surface area contributed by atoms with E-state index in [1.807, 2.05) is 37.3 Å². The maximum atomic E-state index is 11.6. The molecule has 3 N–H and O–H groups in total. The molecule has 2 amide bonds. The Kier molecular flexibility index (Phi) is 6.36. The van der Waals surface area contributed by atoms with Gasteiger partial charge in [-0.3, -0.25) is 0 Å². The highest BCUT2D eigenvalue weighted by atomic mass is 16.3. The number of benzene rings is 1. The van der Waals surface area contributed by atoms with Crippen molar-refractivity contribution in [3.63, 3.8) is 0 Å². The minimum Gasteiger partial charge on any atom is -0.388 e. The molecule has 0 heterocycles. The Morgan fingerprint density at radius 3 is 2.42 bits per heavy atom. The van der Waals surface area contributed by atoms with Crippen LogP contribution in [-0.4, -0.2) is 23.7 Å². The van der Waals surface area contributed by atoms with Gasteiger partial charge in [-0.15, -0.1) is 0 Å². The first-order valence-electron chi connectivity index (χ1n) is 6.78. The van der Waals surface area contributed by atoms with Gasteiger partial charge in [0.15, 0.2) is 0 Å². The van der Waals surface area contributed by atoms with E-state index in [9.17, 15) is 9.90 Å². The molecule has 0 aliphatic carbocycles. The van der Waals surface area contributed by atoms with Crippen molar-refractivity contribution in [3.8, 4) is 0 Å². The highest BCUT2D eigenvalue weighted by molar-refractivity contribution is 5.74. The molecule has 0 spiro atoms. The number of carbonyl (C=O) groups is 1. The van der Waals surface area contributed by atoms with Gasteiger partial charge in [0, 0.05) is 12.6 Å². The van der Waals surface area contributed by atoms with Gasteiger partial charge in [-0.05, 0) is 24.8 Å². The second-order valence-electron chi connectivity index (χ2n) is 5.15. The molecule has 0 saturated carbocycles. The third-order valence-corrected chi connectivity index (χ3v) is 3.25. The molecule has 4 heteroatoms. The summed E-state index contributed by atoms with van der Waals surface area (Å²) >= 11 is 0. The Morgan fingerprint density at radius 2 is 1.84 bits per heavy atom. The van der Waals surface area contributed by atoms with Crippen molar-refractivity contribution in [3.05, 3.63) is 35.9 Å². The zero-order valence-electron chi connectivity index (χ0n) is 11.9. The highest BCUT2D eigenvalue weighted by Gasteiger charge is 2.11. The minimum absolute atomic E-state index is 0.138. The monoisotopic (exact) mass is 264 g/mol. The van der Waals surface area contributed by atoms with Gasteiger partial charge in [0.2, 0.25) is 0 Å². The molecule has 1 aromatic carbocycles. The van der Waals surface area contributed by atoms with Crippen LogP contribution in [0, 0.1) is 5.92 Å². The SMILES string of the molecule is CC(C)C(C)NC(=O)NCCC(O)c1ccccc1. The summed E-state index contributed by atoms with van der Waals surface area (Å²) in [5.74, 6) is 0.403. The maximum absolute atomic E-state index is 11.6. The fourth-order valence-electron chi connectivity index (χ4n) is 1.59. The number of carbonyl (C=O) groups excluding carboxylic acids is 1. The number of nitrogens with one attached hydrogen (secondary N) is 2. The van der Waals surface area contributed by atoms with Gasteiger partial charge in [0.25, 0.3) is 0 Å². The van der Waals surface area contributed by atoms with Crippen LogP contribution >= 0.6 is 0 Å². The Bertz CT molecular complexity index is 379. The second kappa shape index (κ2) is 7.79. The summed E-state index contributed by atoms with van der Waals surface area (Å²) in [4.78, 5) is 11.6. The molecule has 0 aromatic heterocycles. The van der Waals surface area contributed by atoms with Gasteiger partial charge in [-0.25, -0.2) is 4.79 Å². The molecule has 2 atom stereocenters. The molecule has 0 aliphatic heterocycles. The molecule has 4 nitrogen and oxygen atoms in total. The summed E-state index contributed by atoms with van der Waals surface area (Å²) in [5, 5.41) is 15.6. The van der Waals surface area contributed by atoms with Crippen LogP contribution in [0.25, 0.3) is 0 Å². The van der Waals surface area contributed by atoms with E-state index in [2.05, 4.69) is 24.5 Å². The van der Waals surface area contributed by atoms with Crippen molar-refractivity contribution < 1.29 is 9.90 Å². The molecule has 1 aromatic rings. The van der Waals surface area contributed by atoms with Crippen LogP contribution in [-0.2, 0) is 0 Å². The zero-order chi connectivity index (χ0) is 14.3. The zero-order valence-corrected chi connectivity index (χ0v) is 11.9. The molecular formula is C15H24N2O2. The topological polar surface area (TPSA) is 61.4 Å². The van der Waals surface area contributed by atoms with Crippen LogP contribution in [0.3, 0.4) is 0 Å². The van der Waals surface area contributed by atoms with E-state index in [0.717, 1.165) is 5.56 Å². The fraction of sp³-hybridized carbons (Fsp3) is 0.533. The number of hydrogen-bond donors (Lipinski definition) is 3. The van der Waals surface area contributed by atoms with Crippen LogP contribution < -0.4 is 10.6 Å². The Hall–Kier alpha value is -1.55. The van der Waals surface area contributed by atoms with Crippen molar-refractivity contribution in [2.24, 2.45) is 5.92 Å². The summed E-state index contributed by atoms with van der Waals surface area (Å²) in [7, 11) is 0. The number of aliphatic hydroxyl groups is 1. The minimum atomic E-state index is -0.538. The van der Waals surface area contributed by atoms with E-state index in [1.54, 1.807) is 0 Å². The summed E-state index contributed by atoms with van der Waals surface area (Å²) in [6, 6.07) is 9.42. The number of urea groups is 1. The lowest BCUT2D eigenvalue weighted by molar-refractivity contribution is 0.166.